The molecule has 3 aromatic rings. The van der Waals surface area contributed by atoms with Crippen LogP contribution in [0, 0.1) is 6.92 Å². The Labute approximate surface area is 116 Å². The van der Waals surface area contributed by atoms with Gasteiger partial charge in [0.15, 0.2) is 0 Å². The normalized spacial score (nSPS) is 10.9. The van der Waals surface area contributed by atoms with Crippen molar-refractivity contribution in [2.45, 2.75) is 6.92 Å². The fourth-order valence-corrected chi connectivity index (χ4v) is 4.67. The molecule has 86 valence electrons. The van der Waals surface area contributed by atoms with Crippen LogP contribution in [0.4, 0.5) is 0 Å². The number of nitrogens with zero attached hydrogens (tertiary/aromatic N) is 1. The Bertz CT molecular complexity index is 650. The highest BCUT2D eigenvalue weighted by atomic mass is 35.5. The van der Waals surface area contributed by atoms with Gasteiger partial charge in [-0.25, -0.2) is 4.98 Å². The van der Waals surface area contributed by atoms with Crippen molar-refractivity contribution in [2.24, 2.45) is 0 Å². The van der Waals surface area contributed by atoms with Gasteiger partial charge in [-0.05, 0) is 36.1 Å². The van der Waals surface area contributed by atoms with Gasteiger partial charge in [-0.2, -0.15) is 0 Å². The molecule has 0 saturated heterocycles. The maximum absolute atomic E-state index is 5.94. The van der Waals surface area contributed by atoms with Gasteiger partial charge in [-0.15, -0.1) is 34.0 Å². The smallest absolute Gasteiger partial charge is 0.133 e. The van der Waals surface area contributed by atoms with Crippen LogP contribution in [0.1, 0.15) is 5.56 Å². The van der Waals surface area contributed by atoms with Crippen molar-refractivity contribution >= 4 is 45.6 Å². The molecule has 0 amide bonds. The first kappa shape index (κ1) is 11.4. The van der Waals surface area contributed by atoms with Crippen LogP contribution < -0.4 is 0 Å². The lowest BCUT2D eigenvalue weighted by Gasteiger charge is -1.92. The van der Waals surface area contributed by atoms with Gasteiger partial charge in [0.2, 0.25) is 0 Å². The summed E-state index contributed by atoms with van der Waals surface area (Å²) in [5.41, 5.74) is 1.31. The second-order valence-electron chi connectivity index (χ2n) is 3.57. The number of halogens is 1. The second-order valence-corrected chi connectivity index (χ2v) is 7.23. The second kappa shape index (κ2) is 4.53. The number of aryl methyl sites for hydroxylation is 1. The van der Waals surface area contributed by atoms with Gasteiger partial charge in [-0.3, -0.25) is 0 Å². The molecular weight excluding hydrogens is 290 g/mol. The molecule has 0 N–H and O–H groups in total. The number of rotatable bonds is 2. The lowest BCUT2D eigenvalue weighted by atomic mass is 10.3. The monoisotopic (exact) mass is 297 g/mol. The Morgan fingerprint density at radius 1 is 1.12 bits per heavy atom. The third kappa shape index (κ3) is 2.18. The highest BCUT2D eigenvalue weighted by molar-refractivity contribution is 7.26. The standard InChI is InChI=1S/C12H8ClNS3/c1-7-4-5-15-11(7)9-6-14-12(17-9)8-2-3-10(13)16-8/h2-6H,1H3. The van der Waals surface area contributed by atoms with E-state index < -0.39 is 0 Å². The zero-order chi connectivity index (χ0) is 11.8. The fraction of sp³-hybridized carbons (Fsp3) is 0.0833. The van der Waals surface area contributed by atoms with Crippen LogP contribution in [-0.4, -0.2) is 4.98 Å². The minimum absolute atomic E-state index is 0.809. The summed E-state index contributed by atoms with van der Waals surface area (Å²) in [6.45, 7) is 2.13. The molecule has 3 rings (SSSR count). The van der Waals surface area contributed by atoms with Gasteiger partial charge < -0.3 is 0 Å². The molecule has 0 bridgehead atoms. The summed E-state index contributed by atoms with van der Waals surface area (Å²) in [4.78, 5) is 8.16. The molecule has 0 radical (unpaired) electrons. The summed E-state index contributed by atoms with van der Waals surface area (Å²) in [5, 5.41) is 3.16. The molecule has 17 heavy (non-hydrogen) atoms. The molecule has 0 saturated carbocycles. The maximum atomic E-state index is 5.94. The van der Waals surface area contributed by atoms with Crippen LogP contribution in [0.2, 0.25) is 4.34 Å². The van der Waals surface area contributed by atoms with Gasteiger partial charge in [0, 0.05) is 11.1 Å². The number of thiazole rings is 1. The average molecular weight is 298 g/mol. The number of hydrogen-bond donors (Lipinski definition) is 0. The third-order valence-corrected chi connectivity index (χ3v) is 5.97. The lowest BCUT2D eigenvalue weighted by molar-refractivity contribution is 1.43. The molecule has 0 aliphatic carbocycles. The Hall–Kier alpha value is -0.680. The van der Waals surface area contributed by atoms with E-state index in [0.29, 0.717) is 0 Å². The van der Waals surface area contributed by atoms with Crippen molar-refractivity contribution in [2.75, 3.05) is 0 Å². The van der Waals surface area contributed by atoms with Crippen LogP contribution in [0.5, 0.6) is 0 Å². The summed E-state index contributed by atoms with van der Waals surface area (Å²) in [6, 6.07) is 6.08. The van der Waals surface area contributed by atoms with Crippen LogP contribution in [0.25, 0.3) is 19.6 Å². The SMILES string of the molecule is Cc1ccsc1-c1cnc(-c2ccc(Cl)s2)s1. The number of thiophene rings is 2. The first-order valence-electron chi connectivity index (χ1n) is 5.00. The Morgan fingerprint density at radius 2 is 2.00 bits per heavy atom. The van der Waals surface area contributed by atoms with Gasteiger partial charge in [0.1, 0.15) is 5.01 Å². The van der Waals surface area contributed by atoms with Crippen LogP contribution in [0.15, 0.2) is 29.8 Å². The van der Waals surface area contributed by atoms with E-state index in [1.165, 1.54) is 15.3 Å². The van der Waals surface area contributed by atoms with Crippen molar-refractivity contribution in [1.29, 1.82) is 0 Å². The van der Waals surface area contributed by atoms with E-state index in [9.17, 15) is 0 Å². The van der Waals surface area contributed by atoms with Gasteiger partial charge in [0.25, 0.3) is 0 Å². The first-order chi connectivity index (χ1) is 8.24. The largest absolute Gasteiger partial charge is 0.243 e. The van der Waals surface area contributed by atoms with E-state index in [2.05, 4.69) is 23.4 Å². The molecule has 0 aromatic carbocycles. The molecule has 3 aromatic heterocycles. The van der Waals surface area contributed by atoms with Crippen molar-refractivity contribution in [3.8, 4) is 19.6 Å². The van der Waals surface area contributed by atoms with Crippen molar-refractivity contribution in [3.05, 3.63) is 39.7 Å². The molecular formula is C12H8ClNS3. The number of hydrogen-bond acceptors (Lipinski definition) is 4. The minimum atomic E-state index is 0.809. The van der Waals surface area contributed by atoms with E-state index in [4.69, 9.17) is 11.6 Å². The predicted octanol–water partition coefficient (Wildman–Crippen LogP) is 5.56. The average Bonchev–Trinajstić information content (AvgIpc) is 2.97. The third-order valence-electron chi connectivity index (χ3n) is 2.38. The fourth-order valence-electron chi connectivity index (χ4n) is 1.55. The Morgan fingerprint density at radius 3 is 2.65 bits per heavy atom. The predicted molar refractivity (Wildman–Crippen MR) is 78.5 cm³/mol. The molecule has 0 aliphatic rings. The van der Waals surface area contributed by atoms with Crippen LogP contribution in [0.3, 0.4) is 0 Å². The molecule has 0 spiro atoms. The Balaban J connectivity index is 2.01. The first-order valence-corrected chi connectivity index (χ1v) is 7.89. The van der Waals surface area contributed by atoms with E-state index in [1.807, 2.05) is 18.3 Å². The quantitative estimate of drug-likeness (QED) is 0.603. The summed E-state index contributed by atoms with van der Waals surface area (Å²) in [5.74, 6) is 0. The van der Waals surface area contributed by atoms with Crippen molar-refractivity contribution in [3.63, 3.8) is 0 Å². The highest BCUT2D eigenvalue weighted by Gasteiger charge is 2.10. The molecule has 1 nitrogen and oxygen atoms in total. The summed E-state index contributed by atoms with van der Waals surface area (Å²) in [7, 11) is 0. The van der Waals surface area contributed by atoms with Crippen molar-refractivity contribution < 1.29 is 0 Å². The van der Waals surface area contributed by atoms with E-state index >= 15 is 0 Å². The van der Waals surface area contributed by atoms with E-state index in [1.54, 1.807) is 34.0 Å². The molecule has 3 heterocycles. The molecule has 0 unspecified atom stereocenters. The van der Waals surface area contributed by atoms with E-state index in [-0.39, 0.29) is 0 Å². The molecule has 0 fully saturated rings. The van der Waals surface area contributed by atoms with Gasteiger partial charge >= 0.3 is 0 Å². The maximum Gasteiger partial charge on any atom is 0.133 e. The van der Waals surface area contributed by atoms with Gasteiger partial charge in [0.05, 0.1) is 14.1 Å². The molecule has 0 atom stereocenters. The summed E-state index contributed by atoms with van der Waals surface area (Å²) in [6.07, 6.45) is 1.95. The van der Waals surface area contributed by atoms with Crippen molar-refractivity contribution in [1.82, 2.24) is 4.98 Å². The van der Waals surface area contributed by atoms with E-state index in [0.717, 1.165) is 14.2 Å². The minimum Gasteiger partial charge on any atom is -0.243 e. The highest BCUT2D eigenvalue weighted by Crippen LogP contribution is 2.39. The topological polar surface area (TPSA) is 12.9 Å². The number of aromatic nitrogens is 1. The van der Waals surface area contributed by atoms with Gasteiger partial charge in [-0.1, -0.05) is 11.6 Å². The zero-order valence-electron chi connectivity index (χ0n) is 8.94. The molecule has 0 aliphatic heterocycles. The summed E-state index contributed by atoms with van der Waals surface area (Å²) >= 11 is 11.0. The van der Waals surface area contributed by atoms with Crippen LogP contribution in [-0.2, 0) is 0 Å². The van der Waals surface area contributed by atoms with Crippen LogP contribution >= 0.6 is 45.6 Å². The zero-order valence-corrected chi connectivity index (χ0v) is 12.1. The lowest BCUT2D eigenvalue weighted by Crippen LogP contribution is -1.67. The Kier molecular flexibility index (Phi) is 3.04. The molecule has 5 heteroatoms. The summed E-state index contributed by atoms with van der Waals surface area (Å²) < 4.78 is 0.809.